The smallest absolute Gasteiger partial charge is 0.0372 e. The van der Waals surface area contributed by atoms with E-state index in [2.05, 4.69) is 36.5 Å². The lowest BCUT2D eigenvalue weighted by molar-refractivity contribution is 0.932. The van der Waals surface area contributed by atoms with E-state index < -0.39 is 0 Å². The molecule has 0 N–H and O–H groups in total. The average molecular weight is 202 g/mol. The van der Waals surface area contributed by atoms with Crippen molar-refractivity contribution in [1.82, 2.24) is 5.32 Å². The molecule has 1 aromatic carbocycles. The highest BCUT2D eigenvalue weighted by Gasteiger charge is 2.12. The van der Waals surface area contributed by atoms with Crippen LogP contribution in [0.15, 0.2) is 53.0 Å². The Morgan fingerprint density at radius 3 is 2.64 bits per heavy atom. The maximum absolute atomic E-state index is 4.14. The predicted octanol–water partition coefficient (Wildman–Crippen LogP) is 3.45. The van der Waals surface area contributed by atoms with Gasteiger partial charge in [-0.25, -0.2) is 0 Å². The molecule has 0 bridgehead atoms. The first kappa shape index (κ1) is 9.41. The second-order valence-corrected chi connectivity index (χ2v) is 4.20. The van der Waals surface area contributed by atoms with Gasteiger partial charge in [-0.1, -0.05) is 49.0 Å². The van der Waals surface area contributed by atoms with Crippen LogP contribution in [0.3, 0.4) is 0 Å². The molecule has 1 nitrogen and oxygen atoms in total. The first-order valence-electron chi connectivity index (χ1n) is 4.64. The molecule has 0 saturated carbocycles. The van der Waals surface area contributed by atoms with Crippen LogP contribution in [0.1, 0.15) is 18.4 Å². The van der Waals surface area contributed by atoms with Gasteiger partial charge in [-0.15, -0.1) is 0 Å². The Bertz CT molecular complexity index is 354. The fourth-order valence-corrected chi connectivity index (χ4v) is 2.16. The summed E-state index contributed by atoms with van der Waals surface area (Å²) in [4.78, 5) is 1.30. The summed E-state index contributed by atoms with van der Waals surface area (Å²) in [6.45, 7) is 2.21. The molecule has 2 heteroatoms. The van der Waals surface area contributed by atoms with Crippen molar-refractivity contribution in [3.8, 4) is 0 Å². The Kier molecular flexibility index (Phi) is 2.94. The van der Waals surface area contributed by atoms with Gasteiger partial charge in [-0.2, -0.15) is 0 Å². The zero-order chi connectivity index (χ0) is 9.80. The first-order chi connectivity index (χ1) is 6.88. The zero-order valence-corrected chi connectivity index (χ0v) is 8.87. The van der Waals surface area contributed by atoms with Gasteiger partial charge in [0, 0.05) is 23.2 Å². The largest absolute Gasteiger partial charge is 0.263 e. The summed E-state index contributed by atoms with van der Waals surface area (Å²) >= 11 is 1.75. The SMILES string of the molecule is CC(C1=C[N]C=CS1)c1ccccc1. The van der Waals surface area contributed by atoms with Crippen LogP contribution in [-0.2, 0) is 0 Å². The average Bonchev–Trinajstić information content (AvgIpc) is 2.30. The fraction of sp³-hybridized carbons (Fsp3) is 0.167. The van der Waals surface area contributed by atoms with Gasteiger partial charge >= 0.3 is 0 Å². The lowest BCUT2D eigenvalue weighted by atomic mass is 10.0. The number of rotatable bonds is 2. The topological polar surface area (TPSA) is 14.1 Å². The molecule has 71 valence electrons. The highest BCUT2D eigenvalue weighted by molar-refractivity contribution is 8.05. The highest BCUT2D eigenvalue weighted by Crippen LogP contribution is 2.33. The maximum Gasteiger partial charge on any atom is 0.0372 e. The fourth-order valence-electron chi connectivity index (χ4n) is 1.41. The van der Waals surface area contributed by atoms with Crippen LogP contribution in [-0.4, -0.2) is 0 Å². The third-order valence-corrected chi connectivity index (χ3v) is 3.27. The second-order valence-electron chi connectivity index (χ2n) is 3.22. The molecule has 1 atom stereocenters. The standard InChI is InChI=1S/C12H12NS/c1-10(11-5-3-2-4-6-11)12-9-13-7-8-14-12/h2-10H,1H3. The Morgan fingerprint density at radius 1 is 1.21 bits per heavy atom. The molecule has 1 aromatic rings. The Balaban J connectivity index is 2.16. The molecule has 2 rings (SSSR count). The van der Waals surface area contributed by atoms with Gasteiger partial charge in [-0.3, -0.25) is 5.32 Å². The molecule has 1 radical (unpaired) electrons. The quantitative estimate of drug-likeness (QED) is 0.716. The van der Waals surface area contributed by atoms with Crippen LogP contribution in [0.25, 0.3) is 0 Å². The van der Waals surface area contributed by atoms with Gasteiger partial charge in [-0.05, 0) is 11.0 Å². The molecule has 0 fully saturated rings. The Labute approximate surface area is 88.9 Å². The second kappa shape index (κ2) is 4.38. The molecule has 0 aliphatic carbocycles. The minimum absolute atomic E-state index is 0.440. The highest BCUT2D eigenvalue weighted by atomic mass is 32.2. The summed E-state index contributed by atoms with van der Waals surface area (Å²) in [6.07, 6.45) is 3.77. The molecule has 14 heavy (non-hydrogen) atoms. The molecule has 1 aliphatic rings. The first-order valence-corrected chi connectivity index (χ1v) is 5.52. The third-order valence-electron chi connectivity index (χ3n) is 2.28. The van der Waals surface area contributed by atoms with Gasteiger partial charge in [0.2, 0.25) is 0 Å². The molecule has 0 spiro atoms. The van der Waals surface area contributed by atoms with Crippen LogP contribution in [0.5, 0.6) is 0 Å². The molecule has 0 amide bonds. The van der Waals surface area contributed by atoms with Crippen LogP contribution >= 0.6 is 11.8 Å². The Hall–Kier alpha value is -1.15. The van der Waals surface area contributed by atoms with Crippen LogP contribution in [0.2, 0.25) is 0 Å². The maximum atomic E-state index is 4.14. The number of allylic oxidation sites excluding steroid dienone is 1. The number of thioether (sulfide) groups is 1. The van der Waals surface area contributed by atoms with E-state index in [9.17, 15) is 0 Å². The molecule has 1 aliphatic heterocycles. The van der Waals surface area contributed by atoms with Gasteiger partial charge in [0.1, 0.15) is 0 Å². The van der Waals surface area contributed by atoms with Crippen molar-refractivity contribution >= 4 is 11.8 Å². The summed E-state index contributed by atoms with van der Waals surface area (Å²) in [5, 5.41) is 6.16. The van der Waals surface area contributed by atoms with Gasteiger partial charge in [0.15, 0.2) is 0 Å². The summed E-state index contributed by atoms with van der Waals surface area (Å²) in [5.74, 6) is 0.440. The van der Waals surface area contributed by atoms with Crippen molar-refractivity contribution in [2.24, 2.45) is 0 Å². The van der Waals surface area contributed by atoms with E-state index in [1.165, 1.54) is 10.5 Å². The normalized spacial score (nSPS) is 17.1. The van der Waals surface area contributed by atoms with E-state index >= 15 is 0 Å². The lowest BCUT2D eigenvalue weighted by Crippen LogP contribution is -1.99. The molecule has 1 heterocycles. The van der Waals surface area contributed by atoms with Crippen molar-refractivity contribution in [1.29, 1.82) is 0 Å². The van der Waals surface area contributed by atoms with Gasteiger partial charge in [0.05, 0.1) is 0 Å². The van der Waals surface area contributed by atoms with E-state index in [-0.39, 0.29) is 0 Å². The molecule has 0 saturated heterocycles. The van der Waals surface area contributed by atoms with Crippen LogP contribution in [0.4, 0.5) is 0 Å². The minimum atomic E-state index is 0.440. The lowest BCUT2D eigenvalue weighted by Gasteiger charge is -2.15. The van der Waals surface area contributed by atoms with E-state index in [0.29, 0.717) is 5.92 Å². The van der Waals surface area contributed by atoms with Crippen LogP contribution in [0, 0.1) is 0 Å². The monoisotopic (exact) mass is 202 g/mol. The molecule has 1 unspecified atom stereocenters. The minimum Gasteiger partial charge on any atom is -0.263 e. The molecular weight excluding hydrogens is 190 g/mol. The number of hydrogen-bond donors (Lipinski definition) is 0. The summed E-state index contributed by atoms with van der Waals surface area (Å²) in [7, 11) is 0. The van der Waals surface area contributed by atoms with Gasteiger partial charge < -0.3 is 0 Å². The summed E-state index contributed by atoms with van der Waals surface area (Å²) in [6, 6.07) is 10.5. The zero-order valence-electron chi connectivity index (χ0n) is 8.05. The van der Waals surface area contributed by atoms with Crippen molar-refractivity contribution in [3.05, 3.63) is 58.6 Å². The van der Waals surface area contributed by atoms with E-state index in [0.717, 1.165) is 0 Å². The van der Waals surface area contributed by atoms with Crippen molar-refractivity contribution in [2.45, 2.75) is 12.8 Å². The third kappa shape index (κ3) is 2.02. The number of benzene rings is 1. The predicted molar refractivity (Wildman–Crippen MR) is 61.8 cm³/mol. The summed E-state index contributed by atoms with van der Waals surface area (Å²) in [5.41, 5.74) is 1.34. The van der Waals surface area contributed by atoms with Gasteiger partial charge in [0.25, 0.3) is 0 Å². The van der Waals surface area contributed by atoms with Crippen molar-refractivity contribution in [3.63, 3.8) is 0 Å². The van der Waals surface area contributed by atoms with Crippen molar-refractivity contribution < 1.29 is 0 Å². The van der Waals surface area contributed by atoms with Crippen LogP contribution < -0.4 is 5.32 Å². The Morgan fingerprint density at radius 2 is 2.00 bits per heavy atom. The number of hydrogen-bond acceptors (Lipinski definition) is 1. The number of nitrogens with zero attached hydrogens (tertiary/aromatic N) is 1. The van der Waals surface area contributed by atoms with E-state index in [1.54, 1.807) is 11.8 Å². The van der Waals surface area contributed by atoms with E-state index in [4.69, 9.17) is 0 Å². The van der Waals surface area contributed by atoms with Crippen molar-refractivity contribution in [2.75, 3.05) is 0 Å². The molecule has 0 aromatic heterocycles. The van der Waals surface area contributed by atoms with E-state index in [1.807, 2.05) is 23.9 Å². The molecular formula is C12H12NS. The summed E-state index contributed by atoms with van der Waals surface area (Å²) < 4.78 is 0.